The molecule has 0 unspecified atom stereocenters. The number of alkyl halides is 1. The lowest BCUT2D eigenvalue weighted by Crippen LogP contribution is -2.44. The van der Waals surface area contributed by atoms with Crippen molar-refractivity contribution in [1.29, 1.82) is 0 Å². The fourth-order valence-electron chi connectivity index (χ4n) is 3.18. The van der Waals surface area contributed by atoms with E-state index in [2.05, 4.69) is 10.0 Å². The van der Waals surface area contributed by atoms with Crippen LogP contribution < -0.4 is 14.8 Å². The Morgan fingerprint density at radius 1 is 1.24 bits per heavy atom. The lowest BCUT2D eigenvalue weighted by atomic mass is 10.1. The van der Waals surface area contributed by atoms with Crippen LogP contribution in [0.15, 0.2) is 52.0 Å². The highest BCUT2D eigenvalue weighted by Gasteiger charge is 2.28. The summed E-state index contributed by atoms with van der Waals surface area (Å²) in [4.78, 5) is -0.392. The van der Waals surface area contributed by atoms with Crippen molar-refractivity contribution in [1.82, 2.24) is 5.32 Å². The van der Waals surface area contributed by atoms with Gasteiger partial charge in [0.05, 0.1) is 17.0 Å². The molecule has 1 aliphatic rings. The third-order valence-electron chi connectivity index (χ3n) is 4.58. The average Bonchev–Trinajstić information content (AvgIpc) is 3.14. The number of sulfonamides is 1. The summed E-state index contributed by atoms with van der Waals surface area (Å²) in [6, 6.07) is 7.64. The minimum Gasteiger partial charge on any atom is -0.483 e. The summed E-state index contributed by atoms with van der Waals surface area (Å²) in [6.45, 7) is 0.785. The predicted molar refractivity (Wildman–Crippen MR) is 105 cm³/mol. The number of anilines is 1. The summed E-state index contributed by atoms with van der Waals surface area (Å²) in [6.07, 6.45) is -0.0124. The Hall–Kier alpha value is -2.36. The first-order chi connectivity index (χ1) is 13.8. The predicted octanol–water partition coefficient (Wildman–Crippen LogP) is 4.10. The van der Waals surface area contributed by atoms with Gasteiger partial charge in [0, 0.05) is 18.0 Å². The Morgan fingerprint density at radius 3 is 2.86 bits per heavy atom. The molecule has 2 N–H and O–H groups in total. The Morgan fingerprint density at radius 2 is 2.07 bits per heavy atom. The van der Waals surface area contributed by atoms with Gasteiger partial charge in [-0.05, 0) is 43.3 Å². The van der Waals surface area contributed by atoms with Crippen molar-refractivity contribution in [2.45, 2.75) is 23.6 Å². The molecule has 2 heterocycles. The highest BCUT2D eigenvalue weighted by atomic mass is 35.5. The van der Waals surface area contributed by atoms with Crippen molar-refractivity contribution in [3.05, 3.63) is 53.5 Å². The van der Waals surface area contributed by atoms with Gasteiger partial charge in [-0.25, -0.2) is 17.2 Å². The van der Waals surface area contributed by atoms with Crippen molar-refractivity contribution >= 4 is 38.3 Å². The van der Waals surface area contributed by atoms with Crippen LogP contribution in [0, 0.1) is 5.82 Å². The SMILES string of the molecule is O=S(=O)(Nc1cc(O[C@H]2CCNC[C@@H]2F)c2occc2c1)c1cc(F)ccc1Cl. The highest BCUT2D eigenvalue weighted by molar-refractivity contribution is 7.92. The monoisotopic (exact) mass is 442 g/mol. The Bertz CT molecular complexity index is 1150. The summed E-state index contributed by atoms with van der Waals surface area (Å²) in [5.74, 6) is -0.519. The molecule has 29 heavy (non-hydrogen) atoms. The van der Waals surface area contributed by atoms with Gasteiger partial charge in [-0.1, -0.05) is 11.6 Å². The summed E-state index contributed by atoms with van der Waals surface area (Å²) in [5.41, 5.74) is 0.529. The first kappa shape index (κ1) is 19.9. The van der Waals surface area contributed by atoms with Crippen molar-refractivity contribution in [2.75, 3.05) is 17.8 Å². The van der Waals surface area contributed by atoms with Gasteiger partial charge in [0.25, 0.3) is 10.0 Å². The zero-order valence-electron chi connectivity index (χ0n) is 15.0. The third-order valence-corrected chi connectivity index (χ3v) is 6.44. The van der Waals surface area contributed by atoms with E-state index in [-0.39, 0.29) is 23.0 Å². The molecular weight excluding hydrogens is 426 g/mol. The molecule has 1 saturated heterocycles. The minimum absolute atomic E-state index is 0.116. The molecule has 0 amide bonds. The second kappa shape index (κ2) is 7.81. The number of benzene rings is 2. The standard InChI is InChI=1S/C19H17ClF2N2O4S/c20-14-2-1-12(21)8-18(14)29(25,26)24-13-7-11-4-6-27-19(11)17(9-13)28-16-3-5-23-10-15(16)22/h1-2,4,6-9,15-16,23-24H,3,5,10H2/t15-,16-/m0/s1. The van der Waals surface area contributed by atoms with Crippen LogP contribution in [0.4, 0.5) is 14.5 Å². The van der Waals surface area contributed by atoms with Gasteiger partial charge in [0.2, 0.25) is 0 Å². The normalized spacial score (nSPS) is 20.0. The van der Waals surface area contributed by atoms with Crippen molar-refractivity contribution in [3.63, 3.8) is 0 Å². The number of nitrogens with one attached hydrogen (secondary N) is 2. The number of hydrogen-bond donors (Lipinski definition) is 2. The fourth-order valence-corrected chi connectivity index (χ4v) is 4.73. The zero-order valence-corrected chi connectivity index (χ0v) is 16.6. The molecule has 0 saturated carbocycles. The summed E-state index contributed by atoms with van der Waals surface area (Å²) in [7, 11) is -4.17. The van der Waals surface area contributed by atoms with Crippen LogP contribution in [-0.2, 0) is 10.0 Å². The van der Waals surface area contributed by atoms with E-state index in [0.717, 1.165) is 18.2 Å². The summed E-state index contributed by atoms with van der Waals surface area (Å²) < 4.78 is 66.7. The molecule has 2 aromatic carbocycles. The van der Waals surface area contributed by atoms with E-state index >= 15 is 0 Å². The molecular formula is C19H17ClF2N2O4S. The third kappa shape index (κ3) is 4.17. The molecule has 0 aliphatic carbocycles. The first-order valence-electron chi connectivity index (χ1n) is 8.84. The Kier molecular flexibility index (Phi) is 5.37. The van der Waals surface area contributed by atoms with Crippen LogP contribution in [0.1, 0.15) is 6.42 Å². The van der Waals surface area contributed by atoms with E-state index in [1.54, 1.807) is 6.07 Å². The van der Waals surface area contributed by atoms with Crippen LogP contribution in [0.5, 0.6) is 5.75 Å². The molecule has 1 aliphatic heterocycles. The number of piperidine rings is 1. The van der Waals surface area contributed by atoms with Gasteiger partial charge in [-0.2, -0.15) is 0 Å². The second-order valence-electron chi connectivity index (χ2n) is 6.66. The van der Waals surface area contributed by atoms with Crippen LogP contribution in [-0.4, -0.2) is 33.8 Å². The molecule has 2 atom stereocenters. The summed E-state index contributed by atoms with van der Waals surface area (Å²) >= 11 is 5.93. The van der Waals surface area contributed by atoms with Gasteiger partial charge >= 0.3 is 0 Å². The van der Waals surface area contributed by atoms with E-state index in [0.29, 0.717) is 23.9 Å². The lowest BCUT2D eigenvalue weighted by Gasteiger charge is -2.27. The Balaban J connectivity index is 1.68. The van der Waals surface area contributed by atoms with Crippen molar-refractivity contribution < 1.29 is 26.4 Å². The average molecular weight is 443 g/mol. The molecule has 0 bridgehead atoms. The van der Waals surface area contributed by atoms with Gasteiger partial charge < -0.3 is 14.5 Å². The summed E-state index contributed by atoms with van der Waals surface area (Å²) in [5, 5.41) is 3.39. The molecule has 1 fully saturated rings. The maximum atomic E-state index is 14.2. The van der Waals surface area contributed by atoms with Gasteiger partial charge in [-0.3, -0.25) is 4.72 Å². The molecule has 0 spiro atoms. The van der Waals surface area contributed by atoms with Crippen LogP contribution in [0.25, 0.3) is 11.0 Å². The van der Waals surface area contributed by atoms with Gasteiger partial charge in [0.15, 0.2) is 11.3 Å². The van der Waals surface area contributed by atoms with Crippen LogP contribution in [0.2, 0.25) is 5.02 Å². The van der Waals surface area contributed by atoms with E-state index in [9.17, 15) is 17.2 Å². The van der Waals surface area contributed by atoms with E-state index in [4.69, 9.17) is 20.8 Å². The molecule has 154 valence electrons. The first-order valence-corrected chi connectivity index (χ1v) is 10.7. The number of hydrogen-bond acceptors (Lipinski definition) is 5. The largest absolute Gasteiger partial charge is 0.483 e. The quantitative estimate of drug-likeness (QED) is 0.621. The van der Waals surface area contributed by atoms with Crippen molar-refractivity contribution in [3.8, 4) is 5.75 Å². The van der Waals surface area contributed by atoms with Gasteiger partial charge in [-0.15, -0.1) is 0 Å². The number of rotatable bonds is 5. The number of halogens is 3. The topological polar surface area (TPSA) is 80.6 Å². The molecule has 0 radical (unpaired) electrons. The molecule has 1 aromatic heterocycles. The zero-order chi connectivity index (χ0) is 20.6. The lowest BCUT2D eigenvalue weighted by molar-refractivity contribution is 0.0736. The fraction of sp³-hybridized carbons (Fsp3) is 0.263. The Labute approximate surface area is 170 Å². The smallest absolute Gasteiger partial charge is 0.263 e. The van der Waals surface area contributed by atoms with Crippen LogP contribution in [0.3, 0.4) is 0 Å². The number of fused-ring (bicyclic) bond motifs is 1. The second-order valence-corrected chi connectivity index (χ2v) is 8.72. The molecule has 6 nitrogen and oxygen atoms in total. The minimum atomic E-state index is -4.17. The number of furan rings is 1. The maximum Gasteiger partial charge on any atom is 0.263 e. The van der Waals surface area contributed by atoms with Crippen molar-refractivity contribution in [2.24, 2.45) is 0 Å². The maximum absolute atomic E-state index is 14.2. The van der Waals surface area contributed by atoms with Crippen LogP contribution >= 0.6 is 11.6 Å². The molecule has 4 rings (SSSR count). The highest BCUT2D eigenvalue weighted by Crippen LogP contribution is 2.34. The van der Waals surface area contributed by atoms with E-state index in [1.165, 1.54) is 18.4 Å². The van der Waals surface area contributed by atoms with E-state index < -0.39 is 33.0 Å². The molecule has 3 aromatic rings. The number of ether oxygens (including phenoxy) is 1. The molecule has 10 heteroatoms. The van der Waals surface area contributed by atoms with E-state index in [1.807, 2.05) is 0 Å². The van der Waals surface area contributed by atoms with Gasteiger partial charge in [0.1, 0.15) is 23.0 Å².